The number of benzene rings is 2. The normalized spacial score (nSPS) is 14.8. The third kappa shape index (κ3) is 4.90. The van der Waals surface area contributed by atoms with E-state index in [0.29, 0.717) is 24.2 Å². The van der Waals surface area contributed by atoms with E-state index in [1.807, 2.05) is 0 Å². The number of ether oxygens (including phenoxy) is 1. The number of carbonyl (C=O) groups is 1. The van der Waals surface area contributed by atoms with Crippen LogP contribution in [0.2, 0.25) is 11.1 Å². The summed E-state index contributed by atoms with van der Waals surface area (Å²) in [7, 11) is -2.00. The molecule has 0 bridgehead atoms. The standard InChI is InChI=1S/C28H39NO2Si/c1-6-11-23-13-15-25-27(18-23)32(21(2)3,22(4)5)28-19-24(14-16-26(28)29-25)12-9-7-8-10-17-31-20-30/h11,13-16,18-22H,6-10,12,17H2,1-5H3/b23-11+. The lowest BCUT2D eigenvalue weighted by molar-refractivity contribution is -0.128. The molecule has 2 aromatic carbocycles. The zero-order chi connectivity index (χ0) is 23.1. The van der Waals surface area contributed by atoms with Gasteiger partial charge in [0, 0.05) is 0 Å². The molecule has 1 aliphatic heterocycles. The Kier molecular flexibility index (Phi) is 8.47. The third-order valence-electron chi connectivity index (χ3n) is 7.02. The van der Waals surface area contributed by atoms with Crippen molar-refractivity contribution in [1.29, 1.82) is 0 Å². The van der Waals surface area contributed by atoms with Crippen LogP contribution in [-0.4, -0.2) is 21.2 Å². The lowest BCUT2D eigenvalue weighted by atomic mass is 10.1. The minimum absolute atomic E-state index is 0.539. The monoisotopic (exact) mass is 449 g/mol. The first-order chi connectivity index (χ1) is 15.4. The number of hydrogen-bond acceptors (Lipinski definition) is 3. The van der Waals surface area contributed by atoms with E-state index in [-0.39, 0.29) is 0 Å². The van der Waals surface area contributed by atoms with Gasteiger partial charge in [0.2, 0.25) is 0 Å². The Hall–Kier alpha value is -2.20. The highest BCUT2D eigenvalue weighted by molar-refractivity contribution is 7.05. The van der Waals surface area contributed by atoms with Gasteiger partial charge in [0.1, 0.15) is 8.07 Å². The molecule has 0 fully saturated rings. The zero-order valence-corrected chi connectivity index (χ0v) is 21.5. The summed E-state index contributed by atoms with van der Waals surface area (Å²) in [6.07, 6.45) is 8.86. The minimum Gasteiger partial charge on any atom is -0.468 e. The maximum absolute atomic E-state index is 10.2. The van der Waals surface area contributed by atoms with Gasteiger partial charge in [0.15, 0.2) is 0 Å². The fraction of sp³-hybridized carbons (Fsp3) is 0.500. The Morgan fingerprint density at radius 2 is 1.69 bits per heavy atom. The summed E-state index contributed by atoms with van der Waals surface area (Å²) in [5, 5.41) is 5.56. The summed E-state index contributed by atoms with van der Waals surface area (Å²) in [5.74, 6) is 0. The van der Waals surface area contributed by atoms with Crippen molar-refractivity contribution in [2.45, 2.75) is 84.2 Å². The van der Waals surface area contributed by atoms with Gasteiger partial charge in [-0.05, 0) is 70.1 Å². The fourth-order valence-electron chi connectivity index (χ4n) is 5.61. The van der Waals surface area contributed by atoms with Gasteiger partial charge in [-0.2, -0.15) is 0 Å². The number of rotatable bonds is 11. The van der Waals surface area contributed by atoms with E-state index in [1.54, 1.807) is 0 Å². The van der Waals surface area contributed by atoms with Crippen LogP contribution in [0.15, 0.2) is 41.4 Å². The maximum atomic E-state index is 10.2. The summed E-state index contributed by atoms with van der Waals surface area (Å²) < 4.78 is 4.79. The van der Waals surface area contributed by atoms with Crippen LogP contribution in [0.1, 0.15) is 72.3 Å². The Morgan fingerprint density at radius 1 is 0.938 bits per heavy atom. The highest BCUT2D eigenvalue weighted by atomic mass is 28.3. The van der Waals surface area contributed by atoms with Crippen molar-refractivity contribution in [1.82, 2.24) is 0 Å². The van der Waals surface area contributed by atoms with Crippen LogP contribution in [0.5, 0.6) is 0 Å². The first kappa shape index (κ1) is 24.4. The maximum Gasteiger partial charge on any atom is 0.293 e. The molecule has 4 heteroatoms. The molecule has 0 radical (unpaired) electrons. The number of hydrogen-bond donors (Lipinski definition) is 0. The molecule has 0 aliphatic carbocycles. The second-order valence-corrected chi connectivity index (χ2v) is 14.8. The van der Waals surface area contributed by atoms with Crippen molar-refractivity contribution in [2.24, 2.45) is 4.99 Å². The van der Waals surface area contributed by atoms with E-state index in [9.17, 15) is 4.79 Å². The molecule has 0 aromatic heterocycles. The van der Waals surface area contributed by atoms with Gasteiger partial charge < -0.3 is 4.74 Å². The molecule has 0 saturated heterocycles. The van der Waals surface area contributed by atoms with E-state index in [2.05, 4.69) is 77.1 Å². The summed E-state index contributed by atoms with van der Waals surface area (Å²) in [6.45, 7) is 13.0. The lowest BCUT2D eigenvalue weighted by Crippen LogP contribution is -2.69. The van der Waals surface area contributed by atoms with Gasteiger partial charge in [0.05, 0.1) is 17.7 Å². The second-order valence-electron chi connectivity index (χ2n) is 9.66. The summed E-state index contributed by atoms with van der Waals surface area (Å²) in [6, 6.07) is 14.0. The smallest absolute Gasteiger partial charge is 0.293 e. The average molecular weight is 450 g/mol. The predicted molar refractivity (Wildman–Crippen MR) is 137 cm³/mol. The SMILES string of the molecule is CC/C=c1\ccc2c(c1)[Si](C(C)C)(C(C)C)c1cc(CCCCCCOC=O)ccc1N=2. The number of unbranched alkanes of at least 4 members (excludes halogenated alkanes) is 3. The molecule has 32 heavy (non-hydrogen) atoms. The van der Waals surface area contributed by atoms with Crippen LogP contribution in [-0.2, 0) is 16.0 Å². The molecule has 3 rings (SSSR count). The van der Waals surface area contributed by atoms with Gasteiger partial charge >= 0.3 is 0 Å². The van der Waals surface area contributed by atoms with E-state index >= 15 is 0 Å². The molecule has 0 atom stereocenters. The van der Waals surface area contributed by atoms with Crippen LogP contribution in [0, 0.1) is 0 Å². The number of nitrogens with zero attached hydrogens (tertiary/aromatic N) is 1. The highest BCUT2D eigenvalue weighted by Crippen LogP contribution is 2.35. The summed E-state index contributed by atoms with van der Waals surface area (Å²) in [5.41, 5.74) is 3.82. The number of carbonyl (C=O) groups excluding carboxylic acids is 1. The van der Waals surface area contributed by atoms with Gasteiger partial charge in [-0.3, -0.25) is 4.79 Å². The second kappa shape index (κ2) is 11.1. The highest BCUT2D eigenvalue weighted by Gasteiger charge is 2.47. The zero-order valence-electron chi connectivity index (χ0n) is 20.5. The fourth-order valence-corrected chi connectivity index (χ4v) is 11.7. The molecule has 1 aliphatic rings. The summed E-state index contributed by atoms with van der Waals surface area (Å²) in [4.78, 5) is 15.4. The third-order valence-corrected chi connectivity index (χ3v) is 13.2. The molecule has 0 spiro atoms. The van der Waals surface area contributed by atoms with Crippen LogP contribution >= 0.6 is 0 Å². The molecule has 0 saturated carbocycles. The van der Waals surface area contributed by atoms with Crippen molar-refractivity contribution in [3.63, 3.8) is 0 Å². The Bertz CT molecular complexity index is 1030. The van der Waals surface area contributed by atoms with Gasteiger partial charge in [-0.1, -0.05) is 77.8 Å². The van der Waals surface area contributed by atoms with E-state index < -0.39 is 8.07 Å². The first-order valence-electron chi connectivity index (χ1n) is 12.3. The van der Waals surface area contributed by atoms with Crippen LogP contribution in [0.3, 0.4) is 0 Å². The summed E-state index contributed by atoms with van der Waals surface area (Å²) >= 11 is 0. The minimum atomic E-state index is -2.00. The Morgan fingerprint density at radius 3 is 2.38 bits per heavy atom. The molecular formula is C28H39NO2Si. The van der Waals surface area contributed by atoms with Crippen molar-refractivity contribution in [2.75, 3.05) is 6.61 Å². The quantitative estimate of drug-likeness (QED) is 0.281. The molecule has 1 heterocycles. The molecule has 0 amide bonds. The van der Waals surface area contributed by atoms with E-state index in [1.165, 1.54) is 45.0 Å². The van der Waals surface area contributed by atoms with E-state index in [0.717, 1.165) is 25.7 Å². The van der Waals surface area contributed by atoms with Crippen LogP contribution < -0.4 is 20.9 Å². The number of fused-ring (bicyclic) bond motifs is 2. The van der Waals surface area contributed by atoms with Crippen molar-refractivity contribution in [3.05, 3.63) is 52.5 Å². The van der Waals surface area contributed by atoms with Gasteiger partial charge in [0.25, 0.3) is 6.47 Å². The van der Waals surface area contributed by atoms with Crippen molar-refractivity contribution >= 4 is 36.7 Å². The van der Waals surface area contributed by atoms with Crippen molar-refractivity contribution < 1.29 is 9.53 Å². The predicted octanol–water partition coefficient (Wildman–Crippen LogP) is 4.80. The first-order valence-corrected chi connectivity index (χ1v) is 14.5. The Balaban J connectivity index is 1.96. The molecule has 172 valence electrons. The average Bonchev–Trinajstić information content (AvgIpc) is 2.76. The van der Waals surface area contributed by atoms with Gasteiger partial charge in [-0.25, -0.2) is 4.99 Å². The van der Waals surface area contributed by atoms with Crippen molar-refractivity contribution in [3.8, 4) is 0 Å². The van der Waals surface area contributed by atoms with Crippen LogP contribution in [0.25, 0.3) is 6.08 Å². The van der Waals surface area contributed by atoms with Crippen LogP contribution in [0.4, 0.5) is 5.69 Å². The number of aryl methyl sites for hydroxylation is 1. The lowest BCUT2D eigenvalue weighted by Gasteiger charge is -2.43. The molecule has 0 unspecified atom stereocenters. The topological polar surface area (TPSA) is 38.7 Å². The largest absolute Gasteiger partial charge is 0.468 e. The molecule has 2 aromatic rings. The van der Waals surface area contributed by atoms with E-state index in [4.69, 9.17) is 9.73 Å². The van der Waals surface area contributed by atoms with Gasteiger partial charge in [-0.15, -0.1) is 0 Å². The molecule has 3 nitrogen and oxygen atoms in total. The Labute approximate surface area is 194 Å². The molecule has 0 N–H and O–H groups in total. The molecular weight excluding hydrogens is 410 g/mol.